The van der Waals surface area contributed by atoms with Crippen molar-refractivity contribution in [2.24, 2.45) is 0 Å². The maximum Gasteiger partial charge on any atom is 0.247 e. The van der Waals surface area contributed by atoms with Gasteiger partial charge in [0.2, 0.25) is 5.95 Å². The number of anilines is 4. The fraction of sp³-hybridized carbons (Fsp3) is 0.389. The first kappa shape index (κ1) is 16.6. The Balaban J connectivity index is 1.52. The van der Waals surface area contributed by atoms with E-state index in [1.807, 2.05) is 41.9 Å². The normalized spacial score (nSPS) is 20.1. The average molecular weight is 353 g/mol. The Morgan fingerprint density at radius 2 is 1.96 bits per heavy atom. The molecule has 4 N–H and O–H groups in total. The molecule has 1 aliphatic carbocycles. The molecular weight excluding hydrogens is 330 g/mol. The van der Waals surface area contributed by atoms with Crippen molar-refractivity contribution < 1.29 is 5.11 Å². The van der Waals surface area contributed by atoms with Crippen molar-refractivity contribution in [1.82, 2.24) is 19.6 Å². The minimum absolute atomic E-state index is 0.158. The first-order valence-corrected chi connectivity index (χ1v) is 8.92. The summed E-state index contributed by atoms with van der Waals surface area (Å²) in [6.07, 6.45) is 5.18. The predicted molar refractivity (Wildman–Crippen MR) is 102 cm³/mol. The van der Waals surface area contributed by atoms with Crippen LogP contribution in [0.3, 0.4) is 0 Å². The monoisotopic (exact) mass is 353 g/mol. The molecule has 0 bridgehead atoms. The van der Waals surface area contributed by atoms with Crippen molar-refractivity contribution in [3.63, 3.8) is 0 Å². The summed E-state index contributed by atoms with van der Waals surface area (Å²) in [5.41, 5.74) is 1.60. The van der Waals surface area contributed by atoms with E-state index in [9.17, 15) is 5.11 Å². The molecule has 3 aromatic heterocycles. The second kappa shape index (κ2) is 7.17. The number of nitrogens with one attached hydrogen (secondary N) is 3. The molecule has 0 aliphatic heterocycles. The number of nitrogens with zero attached hydrogens (tertiary/aromatic N) is 4. The van der Waals surface area contributed by atoms with Crippen molar-refractivity contribution >= 4 is 28.9 Å². The number of rotatable bonds is 5. The van der Waals surface area contributed by atoms with E-state index >= 15 is 0 Å². The van der Waals surface area contributed by atoms with Gasteiger partial charge in [-0.1, -0.05) is 6.07 Å². The van der Waals surface area contributed by atoms with Gasteiger partial charge in [-0.15, -0.1) is 5.10 Å². The number of pyridine rings is 2. The third-order valence-electron chi connectivity index (χ3n) is 4.68. The zero-order valence-electron chi connectivity index (χ0n) is 14.7. The molecule has 0 unspecified atom stereocenters. The molecule has 0 aromatic carbocycles. The molecule has 3 aromatic rings. The van der Waals surface area contributed by atoms with Crippen LogP contribution >= 0.6 is 0 Å². The van der Waals surface area contributed by atoms with Crippen molar-refractivity contribution in [3.05, 3.63) is 36.5 Å². The lowest BCUT2D eigenvalue weighted by Crippen LogP contribution is -2.29. The van der Waals surface area contributed by atoms with E-state index in [0.717, 1.165) is 48.7 Å². The Hall–Kier alpha value is -2.87. The average Bonchev–Trinajstić information content (AvgIpc) is 3.08. The Morgan fingerprint density at radius 3 is 2.69 bits per heavy atom. The van der Waals surface area contributed by atoms with Gasteiger partial charge in [-0.2, -0.15) is 9.50 Å². The molecule has 3 heterocycles. The van der Waals surface area contributed by atoms with Gasteiger partial charge in [-0.25, -0.2) is 4.98 Å². The van der Waals surface area contributed by atoms with Crippen LogP contribution in [0.5, 0.6) is 0 Å². The molecule has 0 amide bonds. The van der Waals surface area contributed by atoms with Crippen LogP contribution < -0.4 is 16.0 Å². The van der Waals surface area contributed by atoms with E-state index in [0.29, 0.717) is 12.0 Å². The fourth-order valence-corrected chi connectivity index (χ4v) is 3.24. The lowest BCUT2D eigenvalue weighted by atomic mass is 9.93. The third kappa shape index (κ3) is 3.55. The highest BCUT2D eigenvalue weighted by Crippen LogP contribution is 2.23. The molecule has 8 heteroatoms. The van der Waals surface area contributed by atoms with Crippen LogP contribution in [0.15, 0.2) is 36.5 Å². The summed E-state index contributed by atoms with van der Waals surface area (Å²) in [6.45, 7) is 0. The maximum atomic E-state index is 9.67. The van der Waals surface area contributed by atoms with Gasteiger partial charge in [0, 0.05) is 13.1 Å². The molecule has 8 nitrogen and oxygen atoms in total. The molecule has 4 rings (SSSR count). The molecule has 136 valence electrons. The lowest BCUT2D eigenvalue weighted by molar-refractivity contribution is 0.126. The smallest absolute Gasteiger partial charge is 0.247 e. The zero-order chi connectivity index (χ0) is 17.9. The van der Waals surface area contributed by atoms with Crippen LogP contribution in [0.2, 0.25) is 0 Å². The molecule has 0 radical (unpaired) electrons. The lowest BCUT2D eigenvalue weighted by Gasteiger charge is -2.26. The second-order valence-corrected chi connectivity index (χ2v) is 6.57. The molecule has 1 fully saturated rings. The number of aliphatic hydroxyl groups is 1. The first-order chi connectivity index (χ1) is 12.7. The maximum absolute atomic E-state index is 9.67. The molecule has 0 saturated heterocycles. The van der Waals surface area contributed by atoms with Crippen molar-refractivity contribution in [2.75, 3.05) is 23.0 Å². The number of aliphatic hydroxyl groups excluding tert-OH is 1. The van der Waals surface area contributed by atoms with Gasteiger partial charge < -0.3 is 21.1 Å². The first-order valence-electron chi connectivity index (χ1n) is 8.92. The molecule has 0 spiro atoms. The van der Waals surface area contributed by atoms with Gasteiger partial charge in [-0.05, 0) is 49.9 Å². The van der Waals surface area contributed by atoms with Crippen LogP contribution in [-0.4, -0.2) is 43.9 Å². The summed E-state index contributed by atoms with van der Waals surface area (Å²) in [4.78, 5) is 8.81. The summed E-state index contributed by atoms with van der Waals surface area (Å²) >= 11 is 0. The van der Waals surface area contributed by atoms with Gasteiger partial charge in [0.15, 0.2) is 5.65 Å². The topological polar surface area (TPSA) is 99.4 Å². The second-order valence-electron chi connectivity index (χ2n) is 6.57. The summed E-state index contributed by atoms with van der Waals surface area (Å²) in [5.74, 6) is 2.24. The van der Waals surface area contributed by atoms with Crippen molar-refractivity contribution in [1.29, 1.82) is 0 Å². The quantitative estimate of drug-likeness (QED) is 0.559. The Labute approximate surface area is 151 Å². The van der Waals surface area contributed by atoms with Crippen LogP contribution in [0.1, 0.15) is 25.7 Å². The molecular formula is C18H23N7O. The largest absolute Gasteiger partial charge is 0.393 e. The van der Waals surface area contributed by atoms with Gasteiger partial charge in [0.05, 0.1) is 18.0 Å². The summed E-state index contributed by atoms with van der Waals surface area (Å²) in [6, 6.07) is 10.1. The van der Waals surface area contributed by atoms with Crippen LogP contribution in [0, 0.1) is 0 Å². The highest BCUT2D eigenvalue weighted by atomic mass is 16.3. The van der Waals surface area contributed by atoms with Crippen LogP contribution in [0.25, 0.3) is 5.65 Å². The SMILES string of the molecule is CNc1ccc(Nc2nc3cccc(NC4CCC(O)CC4)n3n2)cn1. The molecule has 26 heavy (non-hydrogen) atoms. The fourth-order valence-electron chi connectivity index (χ4n) is 3.24. The van der Waals surface area contributed by atoms with E-state index < -0.39 is 0 Å². The summed E-state index contributed by atoms with van der Waals surface area (Å²) < 4.78 is 1.81. The Morgan fingerprint density at radius 1 is 1.12 bits per heavy atom. The Kier molecular flexibility index (Phi) is 4.57. The van der Waals surface area contributed by atoms with E-state index in [1.54, 1.807) is 6.20 Å². The van der Waals surface area contributed by atoms with Crippen LogP contribution in [0.4, 0.5) is 23.3 Å². The number of hydrogen-bond acceptors (Lipinski definition) is 7. The number of hydrogen-bond donors (Lipinski definition) is 4. The molecule has 1 aliphatic rings. The predicted octanol–water partition coefficient (Wildman–Crippen LogP) is 2.63. The van der Waals surface area contributed by atoms with E-state index in [1.165, 1.54) is 0 Å². The standard InChI is InChI=1S/C18H23N7O/c1-19-15-10-7-13(11-20-15)22-18-23-17-4-2-3-16(25(17)24-18)21-12-5-8-14(26)9-6-12/h2-4,7,10-12,14,21,26H,5-6,8-9H2,1H3,(H,19,20)(H,22,24). The van der Waals surface area contributed by atoms with E-state index in [2.05, 4.69) is 31.0 Å². The Bertz CT molecular complexity index is 869. The van der Waals surface area contributed by atoms with E-state index in [4.69, 9.17) is 0 Å². The van der Waals surface area contributed by atoms with E-state index in [-0.39, 0.29) is 6.10 Å². The van der Waals surface area contributed by atoms with Gasteiger partial charge in [0.1, 0.15) is 11.6 Å². The van der Waals surface area contributed by atoms with Gasteiger partial charge in [-0.3, -0.25) is 0 Å². The van der Waals surface area contributed by atoms with Crippen LogP contribution in [-0.2, 0) is 0 Å². The summed E-state index contributed by atoms with van der Waals surface area (Å²) in [7, 11) is 1.83. The molecule has 0 atom stereocenters. The van der Waals surface area contributed by atoms with Gasteiger partial charge >= 0.3 is 0 Å². The highest BCUT2D eigenvalue weighted by Gasteiger charge is 2.20. The minimum atomic E-state index is -0.158. The summed E-state index contributed by atoms with van der Waals surface area (Å²) in [5, 5.41) is 24.0. The zero-order valence-corrected chi connectivity index (χ0v) is 14.7. The highest BCUT2D eigenvalue weighted by molar-refractivity contribution is 5.58. The van der Waals surface area contributed by atoms with Crippen molar-refractivity contribution in [3.8, 4) is 0 Å². The number of aromatic nitrogens is 4. The number of fused-ring (bicyclic) bond motifs is 1. The minimum Gasteiger partial charge on any atom is -0.393 e. The van der Waals surface area contributed by atoms with Crippen molar-refractivity contribution in [2.45, 2.75) is 37.8 Å². The van der Waals surface area contributed by atoms with Gasteiger partial charge in [0.25, 0.3) is 0 Å². The third-order valence-corrected chi connectivity index (χ3v) is 4.68. The molecule has 1 saturated carbocycles.